The van der Waals surface area contributed by atoms with Gasteiger partial charge in [-0.05, 0) is 25.3 Å². The molecular formula is C19H23N3O2. The Morgan fingerprint density at radius 1 is 1.25 bits per heavy atom. The number of carbonyl (C=O) groups excluding carboxylic acids is 2. The summed E-state index contributed by atoms with van der Waals surface area (Å²) >= 11 is 0. The number of rotatable bonds is 4. The number of nitrogens with one attached hydrogen (secondary N) is 1. The van der Waals surface area contributed by atoms with E-state index in [-0.39, 0.29) is 24.2 Å². The van der Waals surface area contributed by atoms with Gasteiger partial charge in [0.1, 0.15) is 0 Å². The molecule has 0 radical (unpaired) electrons. The lowest BCUT2D eigenvalue weighted by atomic mass is 10.1. The predicted molar refractivity (Wildman–Crippen MR) is 95.7 cm³/mol. The summed E-state index contributed by atoms with van der Waals surface area (Å²) in [6, 6.07) is 13.9. The molecule has 0 saturated carbocycles. The molecule has 1 aliphatic rings. The first-order valence-corrected chi connectivity index (χ1v) is 8.20. The van der Waals surface area contributed by atoms with Crippen LogP contribution in [0.5, 0.6) is 0 Å². The van der Waals surface area contributed by atoms with Gasteiger partial charge in [-0.25, -0.2) is 0 Å². The van der Waals surface area contributed by atoms with Gasteiger partial charge in [0.25, 0.3) is 0 Å². The van der Waals surface area contributed by atoms with Crippen LogP contribution in [0.2, 0.25) is 0 Å². The molecule has 2 aromatic rings. The van der Waals surface area contributed by atoms with Crippen molar-refractivity contribution in [3.05, 3.63) is 42.5 Å². The third kappa shape index (κ3) is 3.41. The first-order chi connectivity index (χ1) is 11.3. The van der Waals surface area contributed by atoms with Crippen molar-refractivity contribution in [3.8, 4) is 0 Å². The molecule has 3 rings (SSSR count). The van der Waals surface area contributed by atoms with E-state index < -0.39 is 5.54 Å². The van der Waals surface area contributed by atoms with Crippen LogP contribution in [0.3, 0.4) is 0 Å². The standard InChI is InChI=1S/C19H23N3O2/c1-19(2,20)12-21-18(24)14-10-17(23)22(11-14)16-9-5-7-13-6-3-4-8-15(13)16/h3-9,14H,10-12,20H2,1-2H3,(H,21,24). The van der Waals surface area contributed by atoms with E-state index >= 15 is 0 Å². The zero-order valence-electron chi connectivity index (χ0n) is 14.1. The molecule has 0 aromatic heterocycles. The predicted octanol–water partition coefficient (Wildman–Crippen LogP) is 2.05. The van der Waals surface area contributed by atoms with Gasteiger partial charge in [0.05, 0.1) is 11.6 Å². The van der Waals surface area contributed by atoms with Crippen LogP contribution in [-0.2, 0) is 9.59 Å². The number of nitrogens with zero attached hydrogens (tertiary/aromatic N) is 1. The van der Waals surface area contributed by atoms with Crippen molar-refractivity contribution in [2.75, 3.05) is 18.0 Å². The van der Waals surface area contributed by atoms with Crippen molar-refractivity contribution < 1.29 is 9.59 Å². The van der Waals surface area contributed by atoms with Gasteiger partial charge in [0, 0.05) is 30.4 Å². The van der Waals surface area contributed by atoms with E-state index in [9.17, 15) is 9.59 Å². The molecule has 1 atom stereocenters. The highest BCUT2D eigenvalue weighted by atomic mass is 16.2. The lowest BCUT2D eigenvalue weighted by Crippen LogP contribution is -2.46. The Morgan fingerprint density at radius 2 is 1.96 bits per heavy atom. The molecule has 0 aliphatic carbocycles. The van der Waals surface area contributed by atoms with E-state index in [4.69, 9.17) is 5.73 Å². The van der Waals surface area contributed by atoms with Crippen molar-refractivity contribution in [1.82, 2.24) is 5.32 Å². The van der Waals surface area contributed by atoms with E-state index in [1.165, 1.54) is 0 Å². The van der Waals surface area contributed by atoms with Gasteiger partial charge in [-0.1, -0.05) is 36.4 Å². The molecule has 0 spiro atoms. The number of hydrogen-bond donors (Lipinski definition) is 2. The van der Waals surface area contributed by atoms with E-state index in [1.54, 1.807) is 4.90 Å². The van der Waals surface area contributed by atoms with Crippen molar-refractivity contribution in [2.24, 2.45) is 11.7 Å². The van der Waals surface area contributed by atoms with Crippen LogP contribution in [0.1, 0.15) is 20.3 Å². The second-order valence-electron chi connectivity index (χ2n) is 7.11. The van der Waals surface area contributed by atoms with Crippen LogP contribution < -0.4 is 16.0 Å². The fourth-order valence-electron chi connectivity index (χ4n) is 3.02. The highest BCUT2D eigenvalue weighted by Gasteiger charge is 2.35. The van der Waals surface area contributed by atoms with Gasteiger partial charge in [0.2, 0.25) is 11.8 Å². The Balaban J connectivity index is 1.78. The number of hydrogen-bond acceptors (Lipinski definition) is 3. The fraction of sp³-hybridized carbons (Fsp3) is 0.368. The van der Waals surface area contributed by atoms with E-state index in [0.717, 1.165) is 16.5 Å². The third-order valence-electron chi connectivity index (χ3n) is 4.27. The lowest BCUT2D eigenvalue weighted by Gasteiger charge is -2.21. The Morgan fingerprint density at radius 3 is 2.71 bits per heavy atom. The minimum atomic E-state index is -0.465. The van der Waals surface area contributed by atoms with Crippen LogP contribution in [0.4, 0.5) is 5.69 Å². The Kier molecular flexibility index (Phi) is 4.28. The maximum absolute atomic E-state index is 12.5. The van der Waals surface area contributed by atoms with Gasteiger partial charge >= 0.3 is 0 Å². The van der Waals surface area contributed by atoms with Gasteiger partial charge in [-0.15, -0.1) is 0 Å². The van der Waals surface area contributed by atoms with E-state index in [2.05, 4.69) is 5.32 Å². The van der Waals surface area contributed by atoms with Crippen LogP contribution in [-0.4, -0.2) is 30.4 Å². The molecule has 1 aliphatic heterocycles. The summed E-state index contributed by atoms with van der Waals surface area (Å²) < 4.78 is 0. The third-order valence-corrected chi connectivity index (χ3v) is 4.27. The minimum absolute atomic E-state index is 0.0153. The van der Waals surface area contributed by atoms with Gasteiger partial charge < -0.3 is 16.0 Å². The Labute approximate surface area is 141 Å². The van der Waals surface area contributed by atoms with Crippen LogP contribution in [0.25, 0.3) is 10.8 Å². The van der Waals surface area contributed by atoms with Crippen molar-refractivity contribution in [2.45, 2.75) is 25.8 Å². The maximum Gasteiger partial charge on any atom is 0.227 e. The molecule has 5 nitrogen and oxygen atoms in total. The fourth-order valence-corrected chi connectivity index (χ4v) is 3.02. The van der Waals surface area contributed by atoms with Crippen LogP contribution in [0.15, 0.2) is 42.5 Å². The number of carbonyl (C=O) groups is 2. The summed E-state index contributed by atoms with van der Waals surface area (Å²) in [5, 5.41) is 4.96. The van der Waals surface area contributed by atoms with Crippen LogP contribution >= 0.6 is 0 Å². The highest BCUT2D eigenvalue weighted by Crippen LogP contribution is 2.31. The molecule has 2 amide bonds. The molecular weight excluding hydrogens is 302 g/mol. The maximum atomic E-state index is 12.5. The molecule has 2 aromatic carbocycles. The molecule has 1 unspecified atom stereocenters. The number of amides is 2. The van der Waals surface area contributed by atoms with E-state index in [0.29, 0.717) is 13.1 Å². The monoisotopic (exact) mass is 325 g/mol. The molecule has 1 fully saturated rings. The average Bonchev–Trinajstić information content (AvgIpc) is 2.93. The second kappa shape index (κ2) is 6.24. The van der Waals surface area contributed by atoms with Gasteiger partial charge in [0.15, 0.2) is 0 Å². The zero-order valence-corrected chi connectivity index (χ0v) is 14.1. The van der Waals surface area contributed by atoms with E-state index in [1.807, 2.05) is 56.3 Å². The van der Waals surface area contributed by atoms with Gasteiger partial charge in [-0.2, -0.15) is 0 Å². The summed E-state index contributed by atoms with van der Waals surface area (Å²) in [6.45, 7) is 4.51. The molecule has 3 N–H and O–H groups in total. The first-order valence-electron chi connectivity index (χ1n) is 8.20. The smallest absolute Gasteiger partial charge is 0.227 e. The summed E-state index contributed by atoms with van der Waals surface area (Å²) in [7, 11) is 0. The topological polar surface area (TPSA) is 75.4 Å². The molecule has 1 heterocycles. The molecule has 5 heteroatoms. The normalized spacial score (nSPS) is 18.2. The first kappa shape index (κ1) is 16.5. The largest absolute Gasteiger partial charge is 0.354 e. The summed E-state index contributed by atoms with van der Waals surface area (Å²) in [5.41, 5.74) is 6.30. The number of nitrogens with two attached hydrogens (primary N) is 1. The summed E-state index contributed by atoms with van der Waals surface area (Å²) in [5.74, 6) is -0.457. The van der Waals surface area contributed by atoms with Crippen LogP contribution in [0, 0.1) is 5.92 Å². The van der Waals surface area contributed by atoms with Crippen molar-refractivity contribution in [3.63, 3.8) is 0 Å². The van der Waals surface area contributed by atoms with Gasteiger partial charge in [-0.3, -0.25) is 9.59 Å². The molecule has 1 saturated heterocycles. The van der Waals surface area contributed by atoms with Crippen molar-refractivity contribution >= 4 is 28.3 Å². The highest BCUT2D eigenvalue weighted by molar-refractivity contribution is 6.06. The average molecular weight is 325 g/mol. The molecule has 126 valence electrons. The zero-order chi connectivity index (χ0) is 17.3. The molecule has 24 heavy (non-hydrogen) atoms. The summed E-state index contributed by atoms with van der Waals surface area (Å²) in [4.78, 5) is 26.5. The lowest BCUT2D eigenvalue weighted by molar-refractivity contribution is -0.126. The SMILES string of the molecule is CC(C)(N)CNC(=O)C1CC(=O)N(c2cccc3ccccc23)C1. The second-order valence-corrected chi connectivity index (χ2v) is 7.11. The number of anilines is 1. The van der Waals surface area contributed by atoms with Crippen molar-refractivity contribution in [1.29, 1.82) is 0 Å². The molecule has 0 bridgehead atoms. The quantitative estimate of drug-likeness (QED) is 0.903. The minimum Gasteiger partial charge on any atom is -0.354 e. The Hall–Kier alpha value is -2.40. The number of benzene rings is 2. The summed E-state index contributed by atoms with van der Waals surface area (Å²) in [6.07, 6.45) is 0.236. The number of fused-ring (bicyclic) bond motifs is 1. The Bertz CT molecular complexity index is 774.